The van der Waals surface area contributed by atoms with E-state index in [-0.39, 0.29) is 22.8 Å². The number of nitriles is 1. The summed E-state index contributed by atoms with van der Waals surface area (Å²) in [7, 11) is -2.15. The van der Waals surface area contributed by atoms with Crippen molar-refractivity contribution in [3.8, 4) is 6.07 Å². The van der Waals surface area contributed by atoms with E-state index < -0.39 is 10.0 Å². The lowest BCUT2D eigenvalue weighted by Gasteiger charge is -2.09. The lowest BCUT2D eigenvalue weighted by molar-refractivity contribution is 0.600. The highest BCUT2D eigenvalue weighted by molar-refractivity contribution is 7.92. The number of nitrogens with two attached hydrogens (primary N) is 1. The quantitative estimate of drug-likeness (QED) is 0.867. The number of rotatable bonds is 4. The first-order chi connectivity index (χ1) is 9.44. The van der Waals surface area contributed by atoms with Crippen molar-refractivity contribution in [2.24, 2.45) is 7.05 Å². The fraction of sp³-hybridized carbons (Fsp3) is 0.167. The Morgan fingerprint density at radius 1 is 1.40 bits per heavy atom. The molecule has 0 amide bonds. The van der Waals surface area contributed by atoms with Crippen molar-refractivity contribution in [2.45, 2.75) is 11.3 Å². The van der Waals surface area contributed by atoms with Crippen molar-refractivity contribution in [3.63, 3.8) is 0 Å². The number of sulfonamides is 1. The molecule has 0 aliphatic carbocycles. The van der Waals surface area contributed by atoms with E-state index >= 15 is 0 Å². The van der Waals surface area contributed by atoms with E-state index in [9.17, 15) is 8.42 Å². The molecule has 1 aromatic heterocycles. The van der Waals surface area contributed by atoms with E-state index in [2.05, 4.69) is 9.82 Å². The summed E-state index contributed by atoms with van der Waals surface area (Å²) in [4.78, 5) is 0.0970. The summed E-state index contributed by atoms with van der Waals surface area (Å²) in [5, 5.41) is 12.4. The van der Waals surface area contributed by atoms with Gasteiger partial charge in [0.25, 0.3) is 10.0 Å². The molecule has 1 aromatic carbocycles. The van der Waals surface area contributed by atoms with Gasteiger partial charge in [-0.3, -0.25) is 9.40 Å². The lowest BCUT2D eigenvalue weighted by atomic mass is 10.2. The number of hydrogen-bond acceptors (Lipinski definition) is 5. The first-order valence-electron chi connectivity index (χ1n) is 5.70. The molecule has 3 N–H and O–H groups in total. The molecule has 0 fully saturated rings. The Balaban J connectivity index is 2.29. The number of benzene rings is 1. The monoisotopic (exact) mass is 291 g/mol. The maximum absolute atomic E-state index is 12.2. The van der Waals surface area contributed by atoms with Gasteiger partial charge in [0, 0.05) is 7.05 Å². The number of hydrogen-bond donors (Lipinski definition) is 2. The molecule has 0 atom stereocenters. The second kappa shape index (κ2) is 5.22. The second-order valence-corrected chi connectivity index (χ2v) is 5.84. The van der Waals surface area contributed by atoms with Gasteiger partial charge in [-0.05, 0) is 17.7 Å². The minimum Gasteiger partial charge on any atom is -0.394 e. The molecule has 20 heavy (non-hydrogen) atoms. The standard InChI is InChI=1S/C12H13N5O2S/c1-17-12(11(14)8-15-17)16-20(18,19)10-4-2-9(3-5-10)6-7-13/h2-5,8,16H,6,14H2,1H3. The fourth-order valence-corrected chi connectivity index (χ4v) is 2.76. The third kappa shape index (κ3) is 2.73. The van der Waals surface area contributed by atoms with Crippen LogP contribution in [0.15, 0.2) is 35.4 Å². The Kier molecular flexibility index (Phi) is 3.63. The molecule has 0 aliphatic rings. The van der Waals surface area contributed by atoms with Crippen LogP contribution in [-0.2, 0) is 23.5 Å². The minimum atomic E-state index is -3.73. The zero-order valence-corrected chi connectivity index (χ0v) is 11.6. The van der Waals surface area contributed by atoms with Crippen LogP contribution in [0.3, 0.4) is 0 Å². The molecule has 1 heterocycles. The van der Waals surface area contributed by atoms with Crippen molar-refractivity contribution >= 4 is 21.5 Å². The van der Waals surface area contributed by atoms with Crippen LogP contribution in [0, 0.1) is 11.3 Å². The first kappa shape index (κ1) is 13.9. The van der Waals surface area contributed by atoms with Gasteiger partial charge in [0.05, 0.1) is 29.3 Å². The Bertz CT molecular complexity index is 737. The third-order valence-corrected chi connectivity index (χ3v) is 4.07. The van der Waals surface area contributed by atoms with Gasteiger partial charge in [-0.1, -0.05) is 12.1 Å². The maximum atomic E-state index is 12.2. The second-order valence-electron chi connectivity index (χ2n) is 4.16. The van der Waals surface area contributed by atoms with E-state index in [1.165, 1.54) is 23.0 Å². The lowest BCUT2D eigenvalue weighted by Crippen LogP contribution is -2.16. The van der Waals surface area contributed by atoms with Gasteiger partial charge >= 0.3 is 0 Å². The van der Waals surface area contributed by atoms with E-state index in [0.29, 0.717) is 0 Å². The normalized spacial score (nSPS) is 11.0. The number of nitrogen functional groups attached to an aromatic ring is 1. The Morgan fingerprint density at radius 3 is 2.55 bits per heavy atom. The number of aryl methyl sites for hydroxylation is 1. The smallest absolute Gasteiger partial charge is 0.263 e. The van der Waals surface area contributed by atoms with Crippen LogP contribution < -0.4 is 10.5 Å². The highest BCUT2D eigenvalue weighted by Gasteiger charge is 2.17. The molecule has 0 spiro atoms. The summed E-state index contributed by atoms with van der Waals surface area (Å²) >= 11 is 0. The van der Waals surface area contributed by atoms with Crippen molar-refractivity contribution in [2.75, 3.05) is 10.5 Å². The Hall–Kier alpha value is -2.53. The van der Waals surface area contributed by atoms with Gasteiger partial charge in [-0.15, -0.1) is 0 Å². The van der Waals surface area contributed by atoms with E-state index in [4.69, 9.17) is 11.0 Å². The van der Waals surface area contributed by atoms with Crippen LogP contribution in [-0.4, -0.2) is 18.2 Å². The molecule has 2 rings (SSSR count). The van der Waals surface area contributed by atoms with Crippen molar-refractivity contribution < 1.29 is 8.42 Å². The zero-order chi connectivity index (χ0) is 14.8. The average molecular weight is 291 g/mol. The molecule has 0 bridgehead atoms. The van der Waals surface area contributed by atoms with E-state index in [0.717, 1.165) is 5.56 Å². The molecule has 0 saturated carbocycles. The third-order valence-electron chi connectivity index (χ3n) is 2.71. The van der Waals surface area contributed by atoms with Crippen LogP contribution in [0.1, 0.15) is 5.56 Å². The molecule has 2 aromatic rings. The van der Waals surface area contributed by atoms with Gasteiger partial charge in [0.15, 0.2) is 5.82 Å². The zero-order valence-electron chi connectivity index (χ0n) is 10.7. The maximum Gasteiger partial charge on any atom is 0.263 e. The summed E-state index contributed by atoms with van der Waals surface area (Å²) in [6, 6.07) is 8.10. The minimum absolute atomic E-state index is 0.0970. The van der Waals surface area contributed by atoms with Crippen molar-refractivity contribution in [1.29, 1.82) is 5.26 Å². The highest BCUT2D eigenvalue weighted by atomic mass is 32.2. The van der Waals surface area contributed by atoms with Crippen LogP contribution in [0.2, 0.25) is 0 Å². The fourth-order valence-electron chi connectivity index (χ4n) is 1.64. The SMILES string of the molecule is Cn1ncc(N)c1NS(=O)(=O)c1ccc(CC#N)cc1. The van der Waals surface area contributed by atoms with E-state index in [1.807, 2.05) is 6.07 Å². The molecule has 0 radical (unpaired) electrons. The van der Waals surface area contributed by atoms with Gasteiger partial charge in [0.2, 0.25) is 0 Å². The van der Waals surface area contributed by atoms with Gasteiger partial charge in [-0.2, -0.15) is 10.4 Å². The van der Waals surface area contributed by atoms with Gasteiger partial charge in [0.1, 0.15) is 0 Å². The number of aromatic nitrogens is 2. The largest absolute Gasteiger partial charge is 0.394 e. The number of anilines is 2. The average Bonchev–Trinajstić information content (AvgIpc) is 2.71. The topological polar surface area (TPSA) is 114 Å². The molecule has 104 valence electrons. The van der Waals surface area contributed by atoms with Crippen LogP contribution in [0.5, 0.6) is 0 Å². The Labute approximate surface area is 116 Å². The van der Waals surface area contributed by atoms with Crippen LogP contribution in [0.4, 0.5) is 11.5 Å². The summed E-state index contributed by atoms with van der Waals surface area (Å²) in [6.07, 6.45) is 1.61. The predicted octanol–water partition coefficient (Wildman–Crippen LogP) is 0.869. The van der Waals surface area contributed by atoms with Gasteiger partial charge < -0.3 is 5.73 Å². The molecule has 0 unspecified atom stereocenters. The van der Waals surface area contributed by atoms with Crippen molar-refractivity contribution in [3.05, 3.63) is 36.0 Å². The number of nitrogens with one attached hydrogen (secondary N) is 1. The van der Waals surface area contributed by atoms with Crippen LogP contribution >= 0.6 is 0 Å². The highest BCUT2D eigenvalue weighted by Crippen LogP contribution is 2.21. The molecule has 7 nitrogen and oxygen atoms in total. The first-order valence-corrected chi connectivity index (χ1v) is 7.18. The molecule has 0 saturated heterocycles. The van der Waals surface area contributed by atoms with E-state index in [1.54, 1.807) is 19.2 Å². The summed E-state index contributed by atoms with van der Waals surface area (Å²) in [5.41, 5.74) is 6.65. The predicted molar refractivity (Wildman–Crippen MR) is 74.2 cm³/mol. The molecular weight excluding hydrogens is 278 g/mol. The summed E-state index contributed by atoms with van der Waals surface area (Å²) in [5.74, 6) is 0.214. The summed E-state index contributed by atoms with van der Waals surface area (Å²) in [6.45, 7) is 0. The van der Waals surface area contributed by atoms with Gasteiger partial charge in [-0.25, -0.2) is 8.42 Å². The Morgan fingerprint density at radius 2 is 2.05 bits per heavy atom. The van der Waals surface area contributed by atoms with Crippen LogP contribution in [0.25, 0.3) is 0 Å². The molecule has 0 aliphatic heterocycles. The number of nitrogens with zero attached hydrogens (tertiary/aromatic N) is 3. The molecule has 8 heteroatoms. The van der Waals surface area contributed by atoms with Crippen molar-refractivity contribution in [1.82, 2.24) is 9.78 Å². The summed E-state index contributed by atoms with van der Waals surface area (Å²) < 4.78 is 28.1. The molecular formula is C12H13N5O2S.